The molecule has 3 aromatic rings. The van der Waals surface area contributed by atoms with Crippen molar-refractivity contribution in [1.82, 2.24) is 4.98 Å². The predicted octanol–water partition coefficient (Wildman–Crippen LogP) is 4.30. The molecule has 1 aromatic carbocycles. The number of aromatic nitrogens is 1. The van der Waals surface area contributed by atoms with Crippen LogP contribution < -0.4 is 10.1 Å². The van der Waals surface area contributed by atoms with Crippen LogP contribution in [0.3, 0.4) is 0 Å². The van der Waals surface area contributed by atoms with Crippen LogP contribution in [0.15, 0.2) is 40.8 Å². The van der Waals surface area contributed by atoms with E-state index < -0.39 is 0 Å². The molecule has 136 valence electrons. The molecule has 6 nitrogen and oxygen atoms in total. The van der Waals surface area contributed by atoms with Crippen molar-refractivity contribution >= 4 is 22.9 Å². The second-order valence-electron chi connectivity index (χ2n) is 5.66. The normalized spacial score (nSPS) is 10.7. The lowest BCUT2D eigenvalue weighted by atomic mass is 10.3. The number of furan rings is 1. The van der Waals surface area contributed by atoms with Crippen LogP contribution >= 0.6 is 11.3 Å². The van der Waals surface area contributed by atoms with Gasteiger partial charge in [-0.1, -0.05) is 0 Å². The number of carbonyl (C=O) groups excluding carboxylic acids is 1. The summed E-state index contributed by atoms with van der Waals surface area (Å²) in [7, 11) is 1.63. The van der Waals surface area contributed by atoms with Crippen molar-refractivity contribution in [3.05, 3.63) is 52.7 Å². The Morgan fingerprint density at radius 1 is 1.15 bits per heavy atom. The maximum Gasteiger partial charge on any atom is 0.267 e. The largest absolute Gasteiger partial charge is 0.491 e. The Labute approximate surface area is 155 Å². The third-order valence-corrected chi connectivity index (χ3v) is 4.79. The molecule has 1 amide bonds. The van der Waals surface area contributed by atoms with Crippen LogP contribution in [0.2, 0.25) is 0 Å². The van der Waals surface area contributed by atoms with Crippen molar-refractivity contribution in [1.29, 1.82) is 0 Å². The van der Waals surface area contributed by atoms with E-state index in [1.165, 1.54) is 11.3 Å². The summed E-state index contributed by atoms with van der Waals surface area (Å²) < 4.78 is 16.0. The molecule has 1 N–H and O–H groups in total. The van der Waals surface area contributed by atoms with Gasteiger partial charge >= 0.3 is 0 Å². The van der Waals surface area contributed by atoms with E-state index >= 15 is 0 Å². The number of rotatable bonds is 7. The number of amides is 1. The summed E-state index contributed by atoms with van der Waals surface area (Å²) in [5.74, 6) is 2.02. The molecule has 3 rings (SSSR count). The first-order valence-corrected chi connectivity index (χ1v) is 8.96. The molecule has 0 unspecified atom stereocenters. The maximum atomic E-state index is 12.6. The van der Waals surface area contributed by atoms with Crippen LogP contribution in [-0.4, -0.2) is 31.2 Å². The first kappa shape index (κ1) is 18.2. The summed E-state index contributed by atoms with van der Waals surface area (Å²) in [5, 5.41) is 3.58. The molecule has 0 aliphatic rings. The molecular weight excluding hydrogens is 352 g/mol. The van der Waals surface area contributed by atoms with E-state index in [4.69, 9.17) is 13.9 Å². The molecule has 0 aliphatic heterocycles. The minimum Gasteiger partial charge on any atom is -0.491 e. The molecule has 7 heteroatoms. The number of anilines is 1. The number of methoxy groups -OCH3 is 1. The van der Waals surface area contributed by atoms with Gasteiger partial charge in [0.05, 0.1) is 12.3 Å². The number of aryl methyl sites for hydroxylation is 2. The van der Waals surface area contributed by atoms with E-state index in [2.05, 4.69) is 10.3 Å². The van der Waals surface area contributed by atoms with Gasteiger partial charge in [0.25, 0.3) is 5.91 Å². The van der Waals surface area contributed by atoms with Gasteiger partial charge in [-0.3, -0.25) is 4.79 Å². The van der Waals surface area contributed by atoms with E-state index in [0.717, 1.165) is 11.5 Å². The highest BCUT2D eigenvalue weighted by atomic mass is 32.1. The molecule has 2 heterocycles. The SMILES string of the molecule is COCCOc1ccc(NC(=O)c2sc(-c3ccc(C)o3)nc2C)cc1. The molecule has 0 radical (unpaired) electrons. The lowest BCUT2D eigenvalue weighted by Crippen LogP contribution is -2.11. The Hall–Kier alpha value is -2.64. The Bertz CT molecular complexity index is 883. The van der Waals surface area contributed by atoms with Gasteiger partial charge in [-0.05, 0) is 50.2 Å². The summed E-state index contributed by atoms with van der Waals surface area (Å²) >= 11 is 1.31. The topological polar surface area (TPSA) is 73.6 Å². The Morgan fingerprint density at radius 2 is 1.92 bits per heavy atom. The zero-order chi connectivity index (χ0) is 18.5. The highest BCUT2D eigenvalue weighted by molar-refractivity contribution is 7.17. The number of hydrogen-bond acceptors (Lipinski definition) is 6. The molecule has 0 atom stereocenters. The van der Waals surface area contributed by atoms with Gasteiger partial charge in [-0.2, -0.15) is 0 Å². The minimum atomic E-state index is -0.192. The standard InChI is InChI=1S/C19H20N2O4S/c1-12-4-9-16(25-12)19-20-13(2)17(26-19)18(22)21-14-5-7-15(8-6-14)24-11-10-23-3/h4-9H,10-11H2,1-3H3,(H,21,22). The van der Waals surface area contributed by atoms with Crippen molar-refractivity contribution in [3.63, 3.8) is 0 Å². The van der Waals surface area contributed by atoms with Gasteiger partial charge in [-0.25, -0.2) is 4.98 Å². The van der Waals surface area contributed by atoms with E-state index in [0.29, 0.717) is 40.2 Å². The van der Waals surface area contributed by atoms with Crippen molar-refractivity contribution < 1.29 is 18.7 Å². The fourth-order valence-electron chi connectivity index (χ4n) is 2.33. The second kappa shape index (κ2) is 8.16. The van der Waals surface area contributed by atoms with Crippen molar-refractivity contribution in [2.24, 2.45) is 0 Å². The number of nitrogens with zero attached hydrogens (tertiary/aromatic N) is 1. The van der Waals surface area contributed by atoms with Gasteiger partial charge < -0.3 is 19.2 Å². The summed E-state index contributed by atoms with van der Waals surface area (Å²) in [5.41, 5.74) is 1.37. The highest BCUT2D eigenvalue weighted by Gasteiger charge is 2.18. The quantitative estimate of drug-likeness (QED) is 0.626. The zero-order valence-electron chi connectivity index (χ0n) is 14.9. The number of ether oxygens (including phenoxy) is 2. The van der Waals surface area contributed by atoms with E-state index in [1.54, 1.807) is 19.2 Å². The van der Waals surface area contributed by atoms with Crippen molar-refractivity contribution in [2.75, 3.05) is 25.6 Å². The van der Waals surface area contributed by atoms with Gasteiger partial charge in [0.15, 0.2) is 10.8 Å². The number of benzene rings is 1. The van der Waals surface area contributed by atoms with Crippen molar-refractivity contribution in [2.45, 2.75) is 13.8 Å². The smallest absolute Gasteiger partial charge is 0.267 e. The van der Waals surface area contributed by atoms with E-state index in [9.17, 15) is 4.79 Å². The summed E-state index contributed by atoms with van der Waals surface area (Å²) in [6.07, 6.45) is 0. The van der Waals surface area contributed by atoms with Crippen LogP contribution in [0.5, 0.6) is 5.75 Å². The van der Waals surface area contributed by atoms with Crippen LogP contribution in [0.1, 0.15) is 21.1 Å². The summed E-state index contributed by atoms with van der Waals surface area (Å²) in [4.78, 5) is 17.6. The molecular formula is C19H20N2O4S. The first-order valence-electron chi connectivity index (χ1n) is 8.14. The molecule has 0 saturated carbocycles. The average molecular weight is 372 g/mol. The lowest BCUT2D eigenvalue weighted by molar-refractivity contribution is 0.103. The summed E-state index contributed by atoms with van der Waals surface area (Å²) in [6, 6.07) is 10.9. The van der Waals surface area contributed by atoms with Gasteiger partial charge in [0.1, 0.15) is 23.0 Å². The fourth-order valence-corrected chi connectivity index (χ4v) is 3.25. The molecule has 0 bridgehead atoms. The van der Waals surface area contributed by atoms with Crippen molar-refractivity contribution in [3.8, 4) is 16.5 Å². The Balaban J connectivity index is 1.67. The third-order valence-electron chi connectivity index (χ3n) is 3.62. The monoisotopic (exact) mass is 372 g/mol. The average Bonchev–Trinajstić information content (AvgIpc) is 3.22. The van der Waals surface area contributed by atoms with Crippen LogP contribution in [0.4, 0.5) is 5.69 Å². The minimum absolute atomic E-state index is 0.192. The van der Waals surface area contributed by atoms with Crippen LogP contribution in [-0.2, 0) is 4.74 Å². The first-order chi connectivity index (χ1) is 12.6. The number of hydrogen-bond donors (Lipinski definition) is 1. The molecule has 0 fully saturated rings. The van der Waals surface area contributed by atoms with Crippen LogP contribution in [0.25, 0.3) is 10.8 Å². The third kappa shape index (κ3) is 4.30. The number of thiazole rings is 1. The summed E-state index contributed by atoms with van der Waals surface area (Å²) in [6.45, 7) is 4.70. The van der Waals surface area contributed by atoms with Gasteiger partial charge in [0, 0.05) is 12.8 Å². The van der Waals surface area contributed by atoms with Crippen LogP contribution in [0, 0.1) is 13.8 Å². The van der Waals surface area contributed by atoms with Gasteiger partial charge in [0.2, 0.25) is 0 Å². The molecule has 0 saturated heterocycles. The number of nitrogens with one attached hydrogen (secondary N) is 1. The second-order valence-corrected chi connectivity index (χ2v) is 6.66. The van der Waals surface area contributed by atoms with E-state index in [-0.39, 0.29) is 5.91 Å². The maximum absolute atomic E-state index is 12.6. The fraction of sp³-hybridized carbons (Fsp3) is 0.263. The lowest BCUT2D eigenvalue weighted by Gasteiger charge is -2.07. The van der Waals surface area contributed by atoms with E-state index in [1.807, 2.05) is 38.1 Å². The van der Waals surface area contributed by atoms with Gasteiger partial charge in [-0.15, -0.1) is 11.3 Å². The Kier molecular flexibility index (Phi) is 5.70. The predicted molar refractivity (Wildman–Crippen MR) is 101 cm³/mol. The Morgan fingerprint density at radius 3 is 2.58 bits per heavy atom. The molecule has 0 aliphatic carbocycles. The molecule has 2 aromatic heterocycles. The molecule has 0 spiro atoms. The zero-order valence-corrected chi connectivity index (χ0v) is 15.7. The molecule has 26 heavy (non-hydrogen) atoms. The highest BCUT2D eigenvalue weighted by Crippen LogP contribution is 2.30. The number of carbonyl (C=O) groups is 1.